The SMILES string of the molecule is CCS(=O)(=O)NCC(=O)NC(CC(C)C)C(=O)O. The Bertz CT molecular complexity index is 391. The van der Waals surface area contributed by atoms with Crippen LogP contribution in [0.5, 0.6) is 0 Å². The summed E-state index contributed by atoms with van der Waals surface area (Å²) in [6.07, 6.45) is 0.293. The van der Waals surface area contributed by atoms with Gasteiger partial charge in [-0.25, -0.2) is 17.9 Å². The quantitative estimate of drug-likeness (QED) is 0.557. The van der Waals surface area contributed by atoms with Crippen molar-refractivity contribution in [1.29, 1.82) is 0 Å². The van der Waals surface area contributed by atoms with Gasteiger partial charge in [0.15, 0.2) is 0 Å². The number of nitrogens with one attached hydrogen (secondary N) is 2. The fraction of sp³-hybridized carbons (Fsp3) is 0.800. The molecule has 0 heterocycles. The highest BCUT2D eigenvalue weighted by Crippen LogP contribution is 2.04. The topological polar surface area (TPSA) is 113 Å². The molecule has 3 N–H and O–H groups in total. The number of sulfonamides is 1. The number of amides is 1. The average molecular weight is 280 g/mol. The van der Waals surface area contributed by atoms with Gasteiger partial charge in [0.1, 0.15) is 6.04 Å². The van der Waals surface area contributed by atoms with Crippen LogP contribution in [0.2, 0.25) is 0 Å². The fourth-order valence-corrected chi connectivity index (χ4v) is 1.77. The number of aliphatic carboxylic acids is 1. The molecule has 106 valence electrons. The third kappa shape index (κ3) is 7.23. The Labute approximate surface area is 107 Å². The molecule has 0 aliphatic carbocycles. The van der Waals surface area contributed by atoms with Gasteiger partial charge in [0, 0.05) is 0 Å². The molecule has 0 rings (SSSR count). The van der Waals surface area contributed by atoms with Crippen molar-refractivity contribution in [3.63, 3.8) is 0 Å². The highest BCUT2D eigenvalue weighted by molar-refractivity contribution is 7.89. The summed E-state index contributed by atoms with van der Waals surface area (Å²) in [5.74, 6) is -1.80. The molecular formula is C10H20N2O5S. The first-order valence-corrected chi connectivity index (χ1v) is 7.32. The molecule has 1 atom stereocenters. The molecule has 1 amide bonds. The van der Waals surface area contributed by atoms with E-state index >= 15 is 0 Å². The summed E-state index contributed by atoms with van der Waals surface area (Å²) in [6, 6.07) is -0.997. The van der Waals surface area contributed by atoms with Gasteiger partial charge in [0.2, 0.25) is 15.9 Å². The Morgan fingerprint density at radius 2 is 1.83 bits per heavy atom. The summed E-state index contributed by atoms with van der Waals surface area (Å²) in [7, 11) is -3.45. The van der Waals surface area contributed by atoms with Crippen molar-refractivity contribution in [2.24, 2.45) is 5.92 Å². The molecule has 0 saturated carbocycles. The number of carbonyl (C=O) groups is 2. The summed E-state index contributed by atoms with van der Waals surface area (Å²) < 4.78 is 24.3. The Hall–Kier alpha value is -1.15. The molecule has 0 bridgehead atoms. The Morgan fingerprint density at radius 1 is 1.28 bits per heavy atom. The van der Waals surface area contributed by atoms with Gasteiger partial charge >= 0.3 is 5.97 Å². The number of rotatable bonds is 8. The molecule has 0 radical (unpaired) electrons. The summed E-state index contributed by atoms with van der Waals surface area (Å²) in [6.45, 7) is 4.67. The van der Waals surface area contributed by atoms with Crippen LogP contribution in [0, 0.1) is 5.92 Å². The Balaban J connectivity index is 4.31. The zero-order valence-electron chi connectivity index (χ0n) is 10.8. The number of carboxylic acid groups (broad SMARTS) is 1. The fourth-order valence-electron chi connectivity index (χ4n) is 1.22. The van der Waals surface area contributed by atoms with E-state index < -0.39 is 34.5 Å². The van der Waals surface area contributed by atoms with Crippen LogP contribution in [-0.4, -0.2) is 43.7 Å². The van der Waals surface area contributed by atoms with Crippen molar-refractivity contribution >= 4 is 21.9 Å². The van der Waals surface area contributed by atoms with Gasteiger partial charge in [-0.3, -0.25) is 4.79 Å². The first kappa shape index (κ1) is 16.9. The Morgan fingerprint density at radius 3 is 2.22 bits per heavy atom. The van der Waals surface area contributed by atoms with E-state index in [1.165, 1.54) is 6.92 Å². The van der Waals surface area contributed by atoms with Crippen LogP contribution >= 0.6 is 0 Å². The van der Waals surface area contributed by atoms with Crippen LogP contribution in [0.4, 0.5) is 0 Å². The van der Waals surface area contributed by atoms with E-state index in [2.05, 4.69) is 10.0 Å². The zero-order chi connectivity index (χ0) is 14.3. The second-order valence-electron chi connectivity index (χ2n) is 4.31. The van der Waals surface area contributed by atoms with Crippen LogP contribution in [0.15, 0.2) is 0 Å². The number of hydrogen-bond acceptors (Lipinski definition) is 4. The highest BCUT2D eigenvalue weighted by atomic mass is 32.2. The van der Waals surface area contributed by atoms with E-state index in [9.17, 15) is 18.0 Å². The zero-order valence-corrected chi connectivity index (χ0v) is 11.6. The van der Waals surface area contributed by atoms with Crippen molar-refractivity contribution in [2.45, 2.75) is 33.2 Å². The van der Waals surface area contributed by atoms with Crippen molar-refractivity contribution in [3.8, 4) is 0 Å². The van der Waals surface area contributed by atoms with Crippen molar-refractivity contribution in [1.82, 2.24) is 10.0 Å². The Kier molecular flexibility index (Phi) is 6.85. The van der Waals surface area contributed by atoms with E-state index in [1.54, 1.807) is 0 Å². The summed E-state index contributed by atoms with van der Waals surface area (Å²) in [5.41, 5.74) is 0. The molecule has 8 heteroatoms. The molecule has 0 spiro atoms. The predicted molar refractivity (Wildman–Crippen MR) is 66.5 cm³/mol. The van der Waals surface area contributed by atoms with Crippen LogP contribution in [0.1, 0.15) is 27.2 Å². The highest BCUT2D eigenvalue weighted by Gasteiger charge is 2.21. The third-order valence-electron chi connectivity index (χ3n) is 2.17. The van der Waals surface area contributed by atoms with Gasteiger partial charge in [-0.15, -0.1) is 0 Å². The molecule has 18 heavy (non-hydrogen) atoms. The second-order valence-corrected chi connectivity index (χ2v) is 6.41. The molecule has 7 nitrogen and oxygen atoms in total. The van der Waals surface area contributed by atoms with E-state index in [4.69, 9.17) is 5.11 Å². The molecule has 1 unspecified atom stereocenters. The maximum atomic E-state index is 11.4. The monoisotopic (exact) mass is 280 g/mol. The normalized spacial score (nSPS) is 13.3. The third-order valence-corrected chi connectivity index (χ3v) is 3.52. The lowest BCUT2D eigenvalue weighted by atomic mass is 10.0. The van der Waals surface area contributed by atoms with E-state index in [1.807, 2.05) is 13.8 Å². The van der Waals surface area contributed by atoms with Crippen molar-refractivity contribution < 1.29 is 23.1 Å². The molecule has 0 fully saturated rings. The van der Waals surface area contributed by atoms with E-state index in [0.717, 1.165) is 0 Å². The van der Waals surface area contributed by atoms with Crippen LogP contribution in [0.3, 0.4) is 0 Å². The second kappa shape index (κ2) is 7.32. The van der Waals surface area contributed by atoms with Crippen molar-refractivity contribution in [3.05, 3.63) is 0 Å². The molecule has 0 aromatic rings. The van der Waals surface area contributed by atoms with Crippen LogP contribution in [-0.2, 0) is 19.6 Å². The summed E-state index contributed by atoms with van der Waals surface area (Å²) in [4.78, 5) is 22.3. The molecule has 0 aliphatic rings. The summed E-state index contributed by atoms with van der Waals surface area (Å²) in [5, 5.41) is 11.2. The van der Waals surface area contributed by atoms with Gasteiger partial charge < -0.3 is 10.4 Å². The molecule has 0 aromatic carbocycles. The number of carboxylic acids is 1. The number of hydrogen-bond donors (Lipinski definition) is 3. The first-order chi connectivity index (χ1) is 8.18. The summed E-state index contributed by atoms with van der Waals surface area (Å²) >= 11 is 0. The van der Waals surface area contributed by atoms with E-state index in [-0.39, 0.29) is 11.7 Å². The lowest BCUT2D eigenvalue weighted by Crippen LogP contribution is -2.46. The molecule has 0 aromatic heterocycles. The van der Waals surface area contributed by atoms with Gasteiger partial charge in [-0.1, -0.05) is 13.8 Å². The molecule has 0 saturated heterocycles. The van der Waals surface area contributed by atoms with Gasteiger partial charge in [-0.2, -0.15) is 0 Å². The molecule has 0 aliphatic heterocycles. The standard InChI is InChI=1S/C10H20N2O5S/c1-4-18(16,17)11-6-9(13)12-8(10(14)15)5-7(2)3/h7-8,11H,4-6H2,1-3H3,(H,12,13)(H,14,15). The average Bonchev–Trinajstić information content (AvgIpc) is 2.25. The minimum atomic E-state index is -3.45. The first-order valence-electron chi connectivity index (χ1n) is 5.67. The predicted octanol–water partition coefficient (Wildman–Crippen LogP) is -0.459. The minimum Gasteiger partial charge on any atom is -0.480 e. The maximum absolute atomic E-state index is 11.4. The minimum absolute atomic E-state index is 0.110. The van der Waals surface area contributed by atoms with Gasteiger partial charge in [-0.05, 0) is 19.3 Å². The van der Waals surface area contributed by atoms with Crippen LogP contribution < -0.4 is 10.0 Å². The lowest BCUT2D eigenvalue weighted by molar-refractivity contribution is -0.142. The van der Waals surface area contributed by atoms with E-state index in [0.29, 0.717) is 6.42 Å². The maximum Gasteiger partial charge on any atom is 0.326 e. The van der Waals surface area contributed by atoms with Crippen molar-refractivity contribution in [2.75, 3.05) is 12.3 Å². The largest absolute Gasteiger partial charge is 0.480 e. The van der Waals surface area contributed by atoms with Gasteiger partial charge in [0.05, 0.1) is 12.3 Å². The molecular weight excluding hydrogens is 260 g/mol. The van der Waals surface area contributed by atoms with Gasteiger partial charge in [0.25, 0.3) is 0 Å². The van der Waals surface area contributed by atoms with Crippen LogP contribution in [0.25, 0.3) is 0 Å². The number of carbonyl (C=O) groups excluding carboxylic acids is 1. The smallest absolute Gasteiger partial charge is 0.326 e. The lowest BCUT2D eigenvalue weighted by Gasteiger charge is -2.16.